The molecule has 1 aliphatic heterocycles. The molecule has 4 rings (SSSR count). The molecule has 2 aromatic heterocycles. The van der Waals surface area contributed by atoms with Gasteiger partial charge in [0.2, 0.25) is 5.91 Å². The first kappa shape index (κ1) is 17.2. The summed E-state index contributed by atoms with van der Waals surface area (Å²) in [6, 6.07) is 9.26. The van der Waals surface area contributed by atoms with E-state index in [0.29, 0.717) is 10.7 Å². The monoisotopic (exact) mass is 434 g/mol. The average Bonchev–Trinajstić information content (AvgIpc) is 3.12. The highest BCUT2D eigenvalue weighted by atomic mass is 79.9. The second kappa shape index (κ2) is 7.20. The number of halogens is 2. The Balaban J connectivity index is 1.38. The maximum Gasteiger partial charge on any atom is 0.227 e. The summed E-state index contributed by atoms with van der Waals surface area (Å²) in [5.41, 5.74) is 1.36. The summed E-state index contributed by atoms with van der Waals surface area (Å²) in [5.74, 6) is 0.841. The quantitative estimate of drug-likeness (QED) is 0.682. The zero-order valence-corrected chi connectivity index (χ0v) is 16.1. The highest BCUT2D eigenvalue weighted by molar-refractivity contribution is 9.10. The van der Waals surface area contributed by atoms with Gasteiger partial charge in [0.25, 0.3) is 0 Å². The molecule has 1 amide bonds. The van der Waals surface area contributed by atoms with Gasteiger partial charge in [-0.3, -0.25) is 4.79 Å². The third-order valence-electron chi connectivity index (χ3n) is 4.53. The third-order valence-corrected chi connectivity index (χ3v) is 5.33. The van der Waals surface area contributed by atoms with Crippen LogP contribution in [-0.2, 0) is 4.79 Å². The van der Waals surface area contributed by atoms with Gasteiger partial charge >= 0.3 is 0 Å². The Morgan fingerprint density at radius 3 is 2.81 bits per heavy atom. The number of aromatic nitrogens is 4. The second-order valence-corrected chi connectivity index (χ2v) is 7.52. The molecule has 134 valence electrons. The van der Waals surface area contributed by atoms with Crippen LogP contribution < -0.4 is 10.2 Å². The minimum absolute atomic E-state index is 0.0103. The van der Waals surface area contributed by atoms with Gasteiger partial charge in [0.05, 0.1) is 10.7 Å². The molecule has 0 unspecified atom stereocenters. The molecule has 0 saturated carbocycles. The number of amides is 1. The number of rotatable bonds is 3. The average molecular weight is 436 g/mol. The summed E-state index contributed by atoms with van der Waals surface area (Å²) in [6.07, 6.45) is 3.12. The summed E-state index contributed by atoms with van der Waals surface area (Å²) in [5, 5.41) is 15.8. The molecule has 0 atom stereocenters. The number of nitrogens with one attached hydrogen (secondary N) is 1. The van der Waals surface area contributed by atoms with Crippen molar-refractivity contribution < 1.29 is 4.79 Å². The Bertz CT molecular complexity index is 953. The van der Waals surface area contributed by atoms with Crippen molar-refractivity contribution in [2.75, 3.05) is 23.3 Å². The molecule has 7 nitrogen and oxygen atoms in total. The lowest BCUT2D eigenvalue weighted by Crippen LogP contribution is -2.38. The molecule has 9 heteroatoms. The summed E-state index contributed by atoms with van der Waals surface area (Å²) < 4.78 is 2.54. The molecule has 1 aliphatic rings. The van der Waals surface area contributed by atoms with Crippen molar-refractivity contribution in [3.05, 3.63) is 46.2 Å². The van der Waals surface area contributed by atoms with E-state index in [0.717, 1.165) is 41.9 Å². The molecular formula is C17H16BrClN6O. The van der Waals surface area contributed by atoms with Crippen LogP contribution in [-0.4, -0.2) is 38.8 Å². The Kier molecular flexibility index (Phi) is 4.78. The van der Waals surface area contributed by atoms with Crippen molar-refractivity contribution in [2.45, 2.75) is 12.8 Å². The first-order valence-electron chi connectivity index (χ1n) is 8.28. The topological polar surface area (TPSA) is 75.4 Å². The molecule has 26 heavy (non-hydrogen) atoms. The number of hydrogen-bond donors (Lipinski definition) is 1. The van der Waals surface area contributed by atoms with E-state index in [9.17, 15) is 4.79 Å². The van der Waals surface area contributed by atoms with Crippen LogP contribution in [0.3, 0.4) is 0 Å². The van der Waals surface area contributed by atoms with Gasteiger partial charge in [0.15, 0.2) is 5.65 Å². The minimum atomic E-state index is -0.0374. The molecule has 0 bridgehead atoms. The van der Waals surface area contributed by atoms with Crippen LogP contribution in [0.2, 0.25) is 5.02 Å². The van der Waals surface area contributed by atoms with Gasteiger partial charge in [0.1, 0.15) is 12.1 Å². The number of piperidine rings is 1. The summed E-state index contributed by atoms with van der Waals surface area (Å²) >= 11 is 9.54. The molecule has 1 fully saturated rings. The lowest BCUT2D eigenvalue weighted by atomic mass is 9.96. The Morgan fingerprint density at radius 2 is 2.04 bits per heavy atom. The van der Waals surface area contributed by atoms with Crippen molar-refractivity contribution in [2.24, 2.45) is 5.92 Å². The van der Waals surface area contributed by atoms with Gasteiger partial charge < -0.3 is 10.2 Å². The number of nitrogens with zero attached hydrogens (tertiary/aromatic N) is 5. The van der Waals surface area contributed by atoms with Gasteiger partial charge in [-0.1, -0.05) is 27.5 Å². The fourth-order valence-electron chi connectivity index (χ4n) is 3.08. The number of benzene rings is 1. The van der Waals surface area contributed by atoms with Crippen molar-refractivity contribution in [3.63, 3.8) is 0 Å². The van der Waals surface area contributed by atoms with Crippen LogP contribution in [0.4, 0.5) is 11.5 Å². The lowest BCUT2D eigenvalue weighted by molar-refractivity contribution is -0.120. The normalized spacial score (nSPS) is 15.4. The molecule has 1 saturated heterocycles. The van der Waals surface area contributed by atoms with E-state index in [-0.39, 0.29) is 11.8 Å². The summed E-state index contributed by atoms with van der Waals surface area (Å²) in [7, 11) is 0. The van der Waals surface area contributed by atoms with E-state index >= 15 is 0 Å². The maximum atomic E-state index is 12.6. The molecule has 1 aromatic carbocycles. The fraction of sp³-hybridized carbons (Fsp3) is 0.294. The molecule has 0 spiro atoms. The Morgan fingerprint density at radius 1 is 1.23 bits per heavy atom. The first-order valence-corrected chi connectivity index (χ1v) is 9.45. The fourth-order valence-corrected chi connectivity index (χ4v) is 3.80. The van der Waals surface area contributed by atoms with E-state index in [2.05, 4.69) is 41.4 Å². The van der Waals surface area contributed by atoms with Crippen molar-refractivity contribution in [1.82, 2.24) is 19.8 Å². The molecule has 0 aliphatic carbocycles. The van der Waals surface area contributed by atoms with Gasteiger partial charge in [-0.05, 0) is 43.2 Å². The van der Waals surface area contributed by atoms with Crippen LogP contribution in [0.25, 0.3) is 5.65 Å². The number of carbonyl (C=O) groups is 1. The van der Waals surface area contributed by atoms with Crippen LogP contribution in [0.5, 0.6) is 0 Å². The van der Waals surface area contributed by atoms with E-state index < -0.39 is 0 Å². The zero-order valence-electron chi connectivity index (χ0n) is 13.8. The SMILES string of the molecule is O=C(Nc1ccc(Br)cc1Cl)C1CCN(c2ccc3nncn3n2)CC1. The number of hydrogen-bond acceptors (Lipinski definition) is 5. The number of carbonyl (C=O) groups excluding carboxylic acids is 1. The smallest absolute Gasteiger partial charge is 0.227 e. The van der Waals surface area contributed by atoms with Crippen molar-refractivity contribution in [3.8, 4) is 0 Å². The van der Waals surface area contributed by atoms with Crippen molar-refractivity contribution >= 4 is 50.6 Å². The van der Waals surface area contributed by atoms with Gasteiger partial charge in [0, 0.05) is 23.5 Å². The van der Waals surface area contributed by atoms with Gasteiger partial charge in [-0.15, -0.1) is 15.3 Å². The van der Waals surface area contributed by atoms with Crippen LogP contribution >= 0.6 is 27.5 Å². The standard InChI is InChI=1S/C17H16BrClN6O/c18-12-1-2-14(13(19)9-12)21-17(26)11-5-7-24(8-6-11)16-4-3-15-22-20-10-25(15)23-16/h1-4,9-11H,5-8H2,(H,21,26). The third kappa shape index (κ3) is 3.52. The van der Waals surface area contributed by atoms with Crippen LogP contribution in [0, 0.1) is 5.92 Å². The molecule has 3 aromatic rings. The highest BCUT2D eigenvalue weighted by Gasteiger charge is 2.26. The molecule has 0 radical (unpaired) electrons. The molecule has 1 N–H and O–H groups in total. The molecular weight excluding hydrogens is 420 g/mol. The van der Waals surface area contributed by atoms with Crippen LogP contribution in [0.15, 0.2) is 41.1 Å². The second-order valence-electron chi connectivity index (χ2n) is 6.20. The maximum absolute atomic E-state index is 12.6. The largest absolute Gasteiger partial charge is 0.355 e. The summed E-state index contributed by atoms with van der Waals surface area (Å²) in [4.78, 5) is 14.7. The van der Waals surface area contributed by atoms with Gasteiger partial charge in [-0.25, -0.2) is 0 Å². The highest BCUT2D eigenvalue weighted by Crippen LogP contribution is 2.28. The predicted octanol–water partition coefficient (Wildman–Crippen LogP) is 3.40. The Hall–Kier alpha value is -2.19. The van der Waals surface area contributed by atoms with Crippen LogP contribution in [0.1, 0.15) is 12.8 Å². The van der Waals surface area contributed by atoms with Crippen molar-refractivity contribution in [1.29, 1.82) is 0 Å². The van der Waals surface area contributed by atoms with Gasteiger partial charge in [-0.2, -0.15) is 4.52 Å². The number of fused-ring (bicyclic) bond motifs is 1. The zero-order chi connectivity index (χ0) is 18.1. The minimum Gasteiger partial charge on any atom is -0.355 e. The van der Waals surface area contributed by atoms with E-state index in [4.69, 9.17) is 11.6 Å². The van der Waals surface area contributed by atoms with E-state index in [1.807, 2.05) is 18.2 Å². The van der Waals surface area contributed by atoms with E-state index in [1.165, 1.54) is 0 Å². The van der Waals surface area contributed by atoms with E-state index in [1.54, 1.807) is 23.0 Å². The number of anilines is 2. The predicted molar refractivity (Wildman–Crippen MR) is 104 cm³/mol. The first-order chi connectivity index (χ1) is 12.6. The summed E-state index contributed by atoms with van der Waals surface area (Å²) in [6.45, 7) is 1.54. The lowest BCUT2D eigenvalue weighted by Gasteiger charge is -2.32. The Labute approximate surface area is 163 Å². The molecule has 3 heterocycles.